The second-order valence-electron chi connectivity index (χ2n) is 11.3. The maximum Gasteiger partial charge on any atom is 0.0412 e. The fourth-order valence-corrected chi connectivity index (χ4v) is 7.74. The van der Waals surface area contributed by atoms with Crippen LogP contribution in [-0.2, 0) is 10.8 Å². The molecule has 4 aliphatic carbocycles. The lowest BCUT2D eigenvalue weighted by atomic mass is 9.68. The third-order valence-electron chi connectivity index (χ3n) is 9.27. The van der Waals surface area contributed by atoms with Gasteiger partial charge in [0.2, 0.25) is 0 Å². The summed E-state index contributed by atoms with van der Waals surface area (Å²) in [7, 11) is 0. The molecule has 7 rings (SSSR count). The minimum Gasteiger partial charge on any atom is -0.0843 e. The molecule has 34 heavy (non-hydrogen) atoms. The second-order valence-corrected chi connectivity index (χ2v) is 11.7. The first-order valence-electron chi connectivity index (χ1n) is 13.0. The SMILES string of the molecule is CC1(C)C2=C(C=CCC2)c2ccc(-c3ccc4c(c3)-c3cc(Cl)ccc3C43CCCCC3)cc21. The van der Waals surface area contributed by atoms with Gasteiger partial charge in [-0.15, -0.1) is 0 Å². The molecule has 0 radical (unpaired) electrons. The Morgan fingerprint density at radius 3 is 2.24 bits per heavy atom. The molecule has 0 unspecified atom stereocenters. The van der Waals surface area contributed by atoms with Crippen LogP contribution in [0.15, 0.2) is 72.3 Å². The molecule has 0 bridgehead atoms. The van der Waals surface area contributed by atoms with Crippen molar-refractivity contribution in [1.29, 1.82) is 0 Å². The first-order chi connectivity index (χ1) is 16.5. The van der Waals surface area contributed by atoms with Gasteiger partial charge < -0.3 is 0 Å². The van der Waals surface area contributed by atoms with Crippen LogP contribution in [0.1, 0.15) is 81.0 Å². The lowest BCUT2D eigenvalue weighted by Gasteiger charge is -2.36. The molecule has 3 aromatic rings. The summed E-state index contributed by atoms with van der Waals surface area (Å²) in [5, 5.41) is 0.840. The predicted octanol–water partition coefficient (Wildman–Crippen LogP) is 9.63. The van der Waals surface area contributed by atoms with Gasteiger partial charge in [-0.3, -0.25) is 0 Å². The molecule has 0 aliphatic heterocycles. The van der Waals surface area contributed by atoms with E-state index in [4.69, 9.17) is 11.6 Å². The van der Waals surface area contributed by atoms with Gasteiger partial charge in [0.15, 0.2) is 0 Å². The fourth-order valence-electron chi connectivity index (χ4n) is 7.56. The summed E-state index contributed by atoms with van der Waals surface area (Å²) in [5.41, 5.74) is 14.7. The summed E-state index contributed by atoms with van der Waals surface area (Å²) < 4.78 is 0. The molecule has 0 heterocycles. The molecule has 170 valence electrons. The summed E-state index contributed by atoms with van der Waals surface area (Å²) in [6, 6.07) is 21.0. The Labute approximate surface area is 208 Å². The van der Waals surface area contributed by atoms with Crippen molar-refractivity contribution in [3.63, 3.8) is 0 Å². The van der Waals surface area contributed by atoms with Crippen LogP contribution in [0.4, 0.5) is 0 Å². The molecule has 3 aromatic carbocycles. The molecular formula is C33H31Cl. The van der Waals surface area contributed by atoms with Gasteiger partial charge in [0.1, 0.15) is 0 Å². The molecule has 0 saturated heterocycles. The van der Waals surface area contributed by atoms with Crippen LogP contribution >= 0.6 is 11.6 Å². The number of allylic oxidation sites excluding steroid dienone is 4. The Morgan fingerprint density at radius 1 is 0.706 bits per heavy atom. The van der Waals surface area contributed by atoms with Gasteiger partial charge in [0.05, 0.1) is 0 Å². The Kier molecular flexibility index (Phi) is 4.41. The van der Waals surface area contributed by atoms with Crippen molar-refractivity contribution >= 4 is 17.2 Å². The van der Waals surface area contributed by atoms with Crippen molar-refractivity contribution in [3.8, 4) is 22.3 Å². The van der Waals surface area contributed by atoms with Gasteiger partial charge in [-0.2, -0.15) is 0 Å². The molecule has 1 saturated carbocycles. The van der Waals surface area contributed by atoms with Crippen molar-refractivity contribution in [2.75, 3.05) is 0 Å². The average molecular weight is 463 g/mol. The van der Waals surface area contributed by atoms with Crippen molar-refractivity contribution in [1.82, 2.24) is 0 Å². The minimum atomic E-state index is 0.106. The largest absolute Gasteiger partial charge is 0.0843 e. The maximum absolute atomic E-state index is 6.52. The summed E-state index contributed by atoms with van der Waals surface area (Å²) in [5.74, 6) is 0. The topological polar surface area (TPSA) is 0 Å². The lowest BCUT2D eigenvalue weighted by Crippen LogP contribution is -2.27. The predicted molar refractivity (Wildman–Crippen MR) is 145 cm³/mol. The van der Waals surface area contributed by atoms with Gasteiger partial charge >= 0.3 is 0 Å². The smallest absolute Gasteiger partial charge is 0.0412 e. The summed E-state index contributed by atoms with van der Waals surface area (Å²) >= 11 is 6.52. The number of fused-ring (bicyclic) bond motifs is 7. The van der Waals surface area contributed by atoms with E-state index in [0.29, 0.717) is 0 Å². The fraction of sp³-hybridized carbons (Fsp3) is 0.333. The van der Waals surface area contributed by atoms with Gasteiger partial charge in [-0.1, -0.05) is 92.8 Å². The number of halogens is 1. The van der Waals surface area contributed by atoms with Crippen molar-refractivity contribution in [3.05, 3.63) is 99.6 Å². The zero-order chi connectivity index (χ0) is 23.1. The molecule has 0 amide bonds. The van der Waals surface area contributed by atoms with Gasteiger partial charge in [-0.05, 0) is 100 Å². The van der Waals surface area contributed by atoms with E-state index in [1.807, 2.05) is 0 Å². The highest BCUT2D eigenvalue weighted by Gasteiger charge is 2.44. The molecular weight excluding hydrogens is 432 g/mol. The van der Waals surface area contributed by atoms with E-state index >= 15 is 0 Å². The molecule has 0 nitrogen and oxygen atoms in total. The molecule has 1 heteroatoms. The Morgan fingerprint density at radius 2 is 1.41 bits per heavy atom. The van der Waals surface area contributed by atoms with Gasteiger partial charge in [-0.25, -0.2) is 0 Å². The first-order valence-corrected chi connectivity index (χ1v) is 13.4. The van der Waals surface area contributed by atoms with E-state index in [1.165, 1.54) is 88.6 Å². The maximum atomic E-state index is 6.52. The number of rotatable bonds is 1. The highest BCUT2D eigenvalue weighted by molar-refractivity contribution is 6.31. The number of benzene rings is 3. The zero-order valence-corrected chi connectivity index (χ0v) is 20.9. The molecule has 0 aromatic heterocycles. The second kappa shape index (κ2) is 7.22. The summed E-state index contributed by atoms with van der Waals surface area (Å²) in [6.45, 7) is 4.82. The van der Waals surface area contributed by atoms with Gasteiger partial charge in [0.25, 0.3) is 0 Å². The Balaban J connectivity index is 1.37. The van der Waals surface area contributed by atoms with Crippen molar-refractivity contribution in [2.24, 2.45) is 0 Å². The summed E-state index contributed by atoms with van der Waals surface area (Å²) in [6.07, 6.45) is 13.5. The highest BCUT2D eigenvalue weighted by Crippen LogP contribution is 2.57. The van der Waals surface area contributed by atoms with Crippen LogP contribution in [0.25, 0.3) is 27.8 Å². The Bertz CT molecular complexity index is 1410. The van der Waals surface area contributed by atoms with Crippen LogP contribution in [0.2, 0.25) is 5.02 Å². The Hall–Kier alpha value is -2.57. The average Bonchev–Trinajstić information content (AvgIpc) is 3.25. The normalized spacial score (nSPS) is 20.8. The van der Waals surface area contributed by atoms with E-state index in [-0.39, 0.29) is 10.8 Å². The van der Waals surface area contributed by atoms with E-state index in [1.54, 1.807) is 5.57 Å². The van der Waals surface area contributed by atoms with Gasteiger partial charge in [0, 0.05) is 15.9 Å². The lowest BCUT2D eigenvalue weighted by molar-refractivity contribution is 0.353. The van der Waals surface area contributed by atoms with Crippen LogP contribution < -0.4 is 0 Å². The van der Waals surface area contributed by atoms with Crippen LogP contribution in [0.5, 0.6) is 0 Å². The van der Waals surface area contributed by atoms with E-state index in [9.17, 15) is 0 Å². The van der Waals surface area contributed by atoms with Crippen LogP contribution in [0.3, 0.4) is 0 Å². The summed E-state index contributed by atoms with van der Waals surface area (Å²) in [4.78, 5) is 0. The van der Waals surface area contributed by atoms with E-state index in [2.05, 4.69) is 80.6 Å². The van der Waals surface area contributed by atoms with Crippen LogP contribution in [-0.4, -0.2) is 0 Å². The van der Waals surface area contributed by atoms with Crippen LogP contribution in [0, 0.1) is 0 Å². The molecule has 1 spiro atoms. The number of hydrogen-bond donors (Lipinski definition) is 0. The molecule has 1 fully saturated rings. The molecule has 0 atom stereocenters. The standard InChI is InChI=1S/C33H31Cl/c1-32(2)28-9-5-4-8-24(28)25-13-10-22(19-31(25)32)21-11-14-29-26(18-21)27-20-23(34)12-15-30(27)33(29)16-6-3-7-17-33/h4,8,10-15,18-20H,3,5-7,9,16-17H2,1-2H3. The highest BCUT2D eigenvalue weighted by atomic mass is 35.5. The quantitative estimate of drug-likeness (QED) is 0.337. The first kappa shape index (κ1) is 20.8. The third-order valence-corrected chi connectivity index (χ3v) is 9.51. The monoisotopic (exact) mass is 462 g/mol. The molecule has 0 N–H and O–H groups in total. The van der Waals surface area contributed by atoms with E-state index < -0.39 is 0 Å². The molecule has 4 aliphatic rings. The van der Waals surface area contributed by atoms with Crippen molar-refractivity contribution < 1.29 is 0 Å². The third kappa shape index (κ3) is 2.73. The number of hydrogen-bond acceptors (Lipinski definition) is 0. The zero-order valence-electron chi connectivity index (χ0n) is 20.2. The minimum absolute atomic E-state index is 0.106. The van der Waals surface area contributed by atoms with E-state index in [0.717, 1.165) is 11.4 Å². The van der Waals surface area contributed by atoms with Crippen molar-refractivity contribution in [2.45, 2.75) is 69.6 Å².